The summed E-state index contributed by atoms with van der Waals surface area (Å²) in [5, 5.41) is 6.06. The molecule has 1 aliphatic heterocycles. The number of nitrogens with zero attached hydrogens (tertiary/aromatic N) is 3. The van der Waals surface area contributed by atoms with E-state index < -0.39 is 5.60 Å². The molecule has 3 rings (SSSR count). The van der Waals surface area contributed by atoms with E-state index in [0.717, 1.165) is 47.9 Å². The number of ether oxygens (including phenoxy) is 1. The molecule has 0 aliphatic carbocycles. The fraction of sp³-hybridized carbons (Fsp3) is 0.542. The second-order valence-electron chi connectivity index (χ2n) is 9.48. The van der Waals surface area contributed by atoms with Gasteiger partial charge in [0, 0.05) is 36.8 Å². The van der Waals surface area contributed by atoms with Crippen LogP contribution in [-0.2, 0) is 9.53 Å². The van der Waals surface area contributed by atoms with Gasteiger partial charge < -0.3 is 15.0 Å². The lowest BCUT2D eigenvalue weighted by molar-refractivity contribution is -0.117. The highest BCUT2D eigenvalue weighted by Gasteiger charge is 2.26. The zero-order chi connectivity index (χ0) is 23.3. The van der Waals surface area contributed by atoms with Crippen molar-refractivity contribution in [3.05, 3.63) is 34.7 Å². The maximum absolute atomic E-state index is 12.7. The molecule has 1 unspecified atom stereocenters. The molecule has 1 atom stereocenters. The molecule has 1 fully saturated rings. The molecule has 0 radical (unpaired) electrons. The fourth-order valence-corrected chi connectivity index (χ4v) is 4.52. The van der Waals surface area contributed by atoms with Crippen LogP contribution in [0.2, 0.25) is 0 Å². The summed E-state index contributed by atoms with van der Waals surface area (Å²) in [5.41, 5.74) is 2.20. The minimum Gasteiger partial charge on any atom is -0.444 e. The Labute approximate surface area is 194 Å². The highest BCUT2D eigenvalue weighted by Crippen LogP contribution is 2.24. The van der Waals surface area contributed by atoms with Gasteiger partial charge in [0.15, 0.2) is 0 Å². The number of thiazole rings is 1. The fourth-order valence-electron chi connectivity index (χ4n) is 3.90. The highest BCUT2D eigenvalue weighted by molar-refractivity contribution is 7.09. The number of piperidine rings is 1. The van der Waals surface area contributed by atoms with Crippen LogP contribution >= 0.6 is 11.3 Å². The van der Waals surface area contributed by atoms with Crippen molar-refractivity contribution in [2.24, 2.45) is 5.92 Å². The molecule has 174 valence electrons. The summed E-state index contributed by atoms with van der Waals surface area (Å²) in [6.45, 7) is 10.2. The van der Waals surface area contributed by atoms with Crippen molar-refractivity contribution in [2.75, 3.05) is 38.5 Å². The molecule has 7 nitrogen and oxygen atoms in total. The predicted octanol–water partition coefficient (Wildman–Crippen LogP) is 4.64. The standard InChI is InChI=1S/C24H34N4O3S/c1-17-25-21(16-32-17)19-9-6-10-20(12-19)26-22(29)15-28-11-7-8-18(14-28)13-27(5)23(30)31-24(2,3)4/h6,9-10,12,16,18H,7-8,11,13-15H2,1-5H3,(H,26,29). The van der Waals surface area contributed by atoms with Crippen LogP contribution in [0.3, 0.4) is 0 Å². The number of rotatable bonds is 6. The van der Waals surface area contributed by atoms with Crippen molar-refractivity contribution < 1.29 is 14.3 Å². The zero-order valence-corrected chi connectivity index (χ0v) is 20.5. The van der Waals surface area contributed by atoms with Crippen LogP contribution in [-0.4, -0.2) is 65.6 Å². The van der Waals surface area contributed by atoms with Crippen molar-refractivity contribution >= 4 is 29.0 Å². The normalized spacial score (nSPS) is 17.1. The number of nitrogens with one attached hydrogen (secondary N) is 1. The van der Waals surface area contributed by atoms with Gasteiger partial charge in [0.05, 0.1) is 17.2 Å². The number of likely N-dealkylation sites (tertiary alicyclic amines) is 1. The number of hydrogen-bond donors (Lipinski definition) is 1. The first-order valence-electron chi connectivity index (χ1n) is 11.1. The van der Waals surface area contributed by atoms with E-state index in [9.17, 15) is 9.59 Å². The van der Waals surface area contributed by atoms with Gasteiger partial charge in [0.25, 0.3) is 0 Å². The first-order valence-corrected chi connectivity index (χ1v) is 12.0. The highest BCUT2D eigenvalue weighted by atomic mass is 32.1. The summed E-state index contributed by atoms with van der Waals surface area (Å²) in [5.74, 6) is 0.294. The Kier molecular flexibility index (Phi) is 7.90. The van der Waals surface area contributed by atoms with E-state index in [0.29, 0.717) is 19.0 Å². The van der Waals surface area contributed by atoms with E-state index >= 15 is 0 Å². The number of carbonyl (C=O) groups excluding carboxylic acids is 2. The minimum absolute atomic E-state index is 0.0299. The summed E-state index contributed by atoms with van der Waals surface area (Å²) < 4.78 is 5.45. The monoisotopic (exact) mass is 458 g/mol. The number of hydrogen-bond acceptors (Lipinski definition) is 6. The average Bonchev–Trinajstić information content (AvgIpc) is 3.13. The smallest absolute Gasteiger partial charge is 0.410 e. The van der Waals surface area contributed by atoms with Gasteiger partial charge in [-0.1, -0.05) is 12.1 Å². The molecule has 0 spiro atoms. The van der Waals surface area contributed by atoms with E-state index in [1.165, 1.54) is 0 Å². The quantitative estimate of drug-likeness (QED) is 0.683. The van der Waals surface area contributed by atoms with Crippen molar-refractivity contribution in [3.63, 3.8) is 0 Å². The molecule has 1 saturated heterocycles. The molecule has 2 heterocycles. The Morgan fingerprint density at radius 3 is 2.81 bits per heavy atom. The molecule has 0 bridgehead atoms. The van der Waals surface area contributed by atoms with Crippen molar-refractivity contribution in [3.8, 4) is 11.3 Å². The van der Waals surface area contributed by atoms with Gasteiger partial charge in [0.2, 0.25) is 5.91 Å². The lowest BCUT2D eigenvalue weighted by Crippen LogP contribution is -2.45. The van der Waals surface area contributed by atoms with Crippen LogP contribution in [0.15, 0.2) is 29.6 Å². The summed E-state index contributed by atoms with van der Waals surface area (Å²) in [4.78, 5) is 33.3. The van der Waals surface area contributed by atoms with Gasteiger partial charge in [-0.3, -0.25) is 9.69 Å². The van der Waals surface area contributed by atoms with Crippen LogP contribution < -0.4 is 5.32 Å². The van der Waals surface area contributed by atoms with Crippen LogP contribution in [0.1, 0.15) is 38.6 Å². The van der Waals surface area contributed by atoms with Crippen LogP contribution in [0, 0.1) is 12.8 Å². The Morgan fingerprint density at radius 2 is 2.12 bits per heavy atom. The molecule has 1 aromatic heterocycles. The lowest BCUT2D eigenvalue weighted by Gasteiger charge is -2.34. The Hall–Kier alpha value is -2.45. The van der Waals surface area contributed by atoms with Gasteiger partial charge in [-0.15, -0.1) is 11.3 Å². The number of anilines is 1. The molecular weight excluding hydrogens is 424 g/mol. The molecule has 2 amide bonds. The Morgan fingerprint density at radius 1 is 1.34 bits per heavy atom. The number of amides is 2. The number of aryl methyl sites for hydroxylation is 1. The summed E-state index contributed by atoms with van der Waals surface area (Å²) in [7, 11) is 1.77. The largest absolute Gasteiger partial charge is 0.444 e. The van der Waals surface area contributed by atoms with Gasteiger partial charge in [-0.25, -0.2) is 9.78 Å². The number of carbonyl (C=O) groups is 2. The summed E-state index contributed by atoms with van der Waals surface area (Å²) >= 11 is 1.61. The average molecular weight is 459 g/mol. The van der Waals surface area contributed by atoms with Crippen LogP contribution in [0.4, 0.5) is 10.5 Å². The minimum atomic E-state index is -0.502. The topological polar surface area (TPSA) is 74.8 Å². The summed E-state index contributed by atoms with van der Waals surface area (Å²) in [6.07, 6.45) is 1.75. The molecule has 1 N–H and O–H groups in total. The van der Waals surface area contributed by atoms with Gasteiger partial charge >= 0.3 is 6.09 Å². The lowest BCUT2D eigenvalue weighted by atomic mass is 9.97. The SMILES string of the molecule is Cc1nc(-c2cccc(NC(=O)CN3CCCC(CN(C)C(=O)OC(C)(C)C)C3)c2)cs1. The van der Waals surface area contributed by atoms with Crippen LogP contribution in [0.25, 0.3) is 11.3 Å². The van der Waals surface area contributed by atoms with E-state index in [1.807, 2.05) is 57.3 Å². The second kappa shape index (κ2) is 10.4. The zero-order valence-electron chi connectivity index (χ0n) is 19.7. The molecule has 0 saturated carbocycles. The van der Waals surface area contributed by atoms with Gasteiger partial charge in [0.1, 0.15) is 5.60 Å². The van der Waals surface area contributed by atoms with E-state index in [-0.39, 0.29) is 12.0 Å². The summed E-state index contributed by atoms with van der Waals surface area (Å²) in [6, 6.07) is 7.79. The van der Waals surface area contributed by atoms with Crippen molar-refractivity contribution in [2.45, 2.75) is 46.1 Å². The molecule has 1 aromatic carbocycles. The molecule has 8 heteroatoms. The Bertz CT molecular complexity index is 937. The molecule has 1 aliphatic rings. The molecule has 32 heavy (non-hydrogen) atoms. The first kappa shape index (κ1) is 24.2. The maximum Gasteiger partial charge on any atom is 0.410 e. The van der Waals surface area contributed by atoms with E-state index in [1.54, 1.807) is 23.3 Å². The van der Waals surface area contributed by atoms with Gasteiger partial charge in [-0.2, -0.15) is 0 Å². The van der Waals surface area contributed by atoms with E-state index in [2.05, 4.69) is 15.2 Å². The molecule has 2 aromatic rings. The number of benzene rings is 1. The third-order valence-electron chi connectivity index (χ3n) is 5.27. The van der Waals surface area contributed by atoms with Crippen LogP contribution in [0.5, 0.6) is 0 Å². The maximum atomic E-state index is 12.7. The van der Waals surface area contributed by atoms with Crippen molar-refractivity contribution in [1.29, 1.82) is 0 Å². The number of aromatic nitrogens is 1. The predicted molar refractivity (Wildman–Crippen MR) is 129 cm³/mol. The molecular formula is C24H34N4O3S. The second-order valence-corrected chi connectivity index (χ2v) is 10.5. The third kappa shape index (κ3) is 7.31. The van der Waals surface area contributed by atoms with Gasteiger partial charge in [-0.05, 0) is 65.1 Å². The Balaban J connectivity index is 1.50. The first-order chi connectivity index (χ1) is 15.1. The van der Waals surface area contributed by atoms with E-state index in [4.69, 9.17) is 4.74 Å². The third-order valence-corrected chi connectivity index (χ3v) is 6.04. The van der Waals surface area contributed by atoms with Crippen molar-refractivity contribution in [1.82, 2.24) is 14.8 Å².